The van der Waals surface area contributed by atoms with Crippen LogP contribution in [0.5, 0.6) is 0 Å². The van der Waals surface area contributed by atoms with Crippen LogP contribution in [0.4, 0.5) is 10.5 Å². The Labute approximate surface area is 136 Å². The lowest BCUT2D eigenvalue weighted by Gasteiger charge is -2.27. The van der Waals surface area contributed by atoms with Gasteiger partial charge in [0.25, 0.3) is 0 Å². The number of benzene rings is 1. The summed E-state index contributed by atoms with van der Waals surface area (Å²) in [5.74, 6) is -0.535. The van der Waals surface area contributed by atoms with Crippen LogP contribution in [-0.4, -0.2) is 39.2 Å². The number of carbonyl (C=O) groups is 2. The summed E-state index contributed by atoms with van der Waals surface area (Å²) in [6.45, 7) is 3.91. The first kappa shape index (κ1) is 16.2. The minimum absolute atomic E-state index is 0.102. The molecule has 2 N–H and O–H groups in total. The van der Waals surface area contributed by atoms with Gasteiger partial charge in [-0.3, -0.25) is 4.90 Å². The number of nitrogens with zero attached hydrogens (tertiary/aromatic N) is 1. The topological polar surface area (TPSA) is 69.6 Å². The highest BCUT2D eigenvalue weighted by Crippen LogP contribution is 2.32. The minimum atomic E-state index is -0.962. The first-order valence-electron chi connectivity index (χ1n) is 6.64. The molecule has 2 atom stereocenters. The first-order valence-corrected chi connectivity index (χ1v) is 8.48. The fourth-order valence-electron chi connectivity index (χ4n) is 2.24. The fraction of sp³-hybridized carbons (Fsp3) is 0.429. The number of anilines is 1. The summed E-state index contributed by atoms with van der Waals surface area (Å²) in [7, 11) is 0. The Hall–Kier alpha value is -1.21. The number of carboxylic acid groups (broad SMARTS) is 1. The molecule has 1 aromatic carbocycles. The van der Waals surface area contributed by atoms with Gasteiger partial charge in [-0.15, -0.1) is 11.8 Å². The standard InChI is InChI=1S/C14H17BrN2O3S/c1-3-12-17(11(7-21-12)13(18)19)14(20)16-10-5-4-8(2)6-9(10)15/h4-6,11-12H,3,7H2,1-2H3,(H,16,20)(H,18,19). The number of halogens is 1. The smallest absolute Gasteiger partial charge is 0.327 e. The Balaban J connectivity index is 2.18. The molecule has 0 spiro atoms. The van der Waals surface area contributed by atoms with Crippen LogP contribution in [0.2, 0.25) is 0 Å². The molecule has 2 amide bonds. The van der Waals surface area contributed by atoms with Gasteiger partial charge < -0.3 is 10.4 Å². The third-order valence-electron chi connectivity index (χ3n) is 3.33. The monoisotopic (exact) mass is 372 g/mol. The van der Waals surface area contributed by atoms with Crippen molar-refractivity contribution in [3.8, 4) is 0 Å². The van der Waals surface area contributed by atoms with E-state index in [1.165, 1.54) is 16.7 Å². The normalized spacial score (nSPS) is 21.4. The molecule has 1 aliphatic heterocycles. The molecule has 0 radical (unpaired) electrons. The number of aryl methyl sites for hydroxylation is 1. The van der Waals surface area contributed by atoms with Crippen LogP contribution in [0.15, 0.2) is 22.7 Å². The Kier molecular flexibility index (Phi) is 5.16. The lowest BCUT2D eigenvalue weighted by molar-refractivity contribution is -0.141. The second-order valence-corrected chi connectivity index (χ2v) is 6.94. The van der Waals surface area contributed by atoms with Gasteiger partial charge in [-0.05, 0) is 47.0 Å². The molecule has 1 fully saturated rings. The third-order valence-corrected chi connectivity index (χ3v) is 5.44. The van der Waals surface area contributed by atoms with Crippen LogP contribution in [0.1, 0.15) is 18.9 Å². The summed E-state index contributed by atoms with van der Waals surface area (Å²) in [4.78, 5) is 25.2. The maximum absolute atomic E-state index is 12.5. The molecule has 7 heteroatoms. The molecular weight excluding hydrogens is 356 g/mol. The molecule has 0 aromatic heterocycles. The zero-order valence-electron chi connectivity index (χ0n) is 11.8. The molecule has 0 bridgehead atoms. The van der Waals surface area contributed by atoms with Crippen molar-refractivity contribution in [1.82, 2.24) is 4.90 Å². The quantitative estimate of drug-likeness (QED) is 0.851. The van der Waals surface area contributed by atoms with Gasteiger partial charge in [-0.2, -0.15) is 0 Å². The van der Waals surface area contributed by atoms with E-state index in [0.29, 0.717) is 11.4 Å². The minimum Gasteiger partial charge on any atom is -0.480 e. The number of carbonyl (C=O) groups excluding carboxylic acids is 1. The van der Waals surface area contributed by atoms with E-state index in [2.05, 4.69) is 21.2 Å². The van der Waals surface area contributed by atoms with Gasteiger partial charge >= 0.3 is 12.0 Å². The Bertz CT molecular complexity index is 567. The summed E-state index contributed by atoms with van der Waals surface area (Å²) < 4.78 is 0.780. The lowest BCUT2D eigenvalue weighted by Crippen LogP contribution is -2.47. The predicted molar refractivity (Wildman–Crippen MR) is 87.7 cm³/mol. The van der Waals surface area contributed by atoms with Crippen LogP contribution in [-0.2, 0) is 4.79 Å². The number of thioether (sulfide) groups is 1. The molecule has 1 aromatic rings. The molecule has 5 nitrogen and oxygen atoms in total. The summed E-state index contributed by atoms with van der Waals surface area (Å²) >= 11 is 4.91. The number of rotatable bonds is 3. The molecule has 0 aliphatic carbocycles. The van der Waals surface area contributed by atoms with Crippen LogP contribution in [0, 0.1) is 6.92 Å². The highest BCUT2D eigenvalue weighted by molar-refractivity contribution is 9.10. The van der Waals surface area contributed by atoms with Crippen molar-refractivity contribution in [3.05, 3.63) is 28.2 Å². The van der Waals surface area contributed by atoms with E-state index >= 15 is 0 Å². The SMILES string of the molecule is CCC1SCC(C(=O)O)N1C(=O)Nc1ccc(C)cc1Br. The number of hydrogen-bond acceptors (Lipinski definition) is 3. The van der Waals surface area contributed by atoms with Crippen molar-refractivity contribution in [1.29, 1.82) is 0 Å². The molecule has 2 rings (SSSR count). The largest absolute Gasteiger partial charge is 0.480 e. The van der Waals surface area contributed by atoms with E-state index in [-0.39, 0.29) is 11.4 Å². The third kappa shape index (κ3) is 3.52. The van der Waals surface area contributed by atoms with Crippen LogP contribution in [0.3, 0.4) is 0 Å². The van der Waals surface area contributed by atoms with Gasteiger partial charge in [-0.1, -0.05) is 13.0 Å². The molecule has 1 saturated heterocycles. The van der Waals surface area contributed by atoms with E-state index in [1.54, 1.807) is 6.07 Å². The molecule has 1 heterocycles. The van der Waals surface area contributed by atoms with Crippen LogP contribution in [0.25, 0.3) is 0 Å². The average molecular weight is 373 g/mol. The maximum atomic E-state index is 12.5. The van der Waals surface area contributed by atoms with E-state index in [0.717, 1.165) is 16.5 Å². The van der Waals surface area contributed by atoms with Gasteiger partial charge in [0, 0.05) is 10.2 Å². The number of amides is 2. The average Bonchev–Trinajstić information content (AvgIpc) is 2.86. The second kappa shape index (κ2) is 6.70. The van der Waals surface area contributed by atoms with Gasteiger partial charge in [0.1, 0.15) is 6.04 Å². The van der Waals surface area contributed by atoms with E-state index in [9.17, 15) is 14.7 Å². The Morgan fingerprint density at radius 2 is 2.24 bits per heavy atom. The van der Waals surface area contributed by atoms with Crippen molar-refractivity contribution in [2.45, 2.75) is 31.7 Å². The lowest BCUT2D eigenvalue weighted by atomic mass is 10.2. The molecule has 0 saturated carbocycles. The highest BCUT2D eigenvalue weighted by atomic mass is 79.9. The highest BCUT2D eigenvalue weighted by Gasteiger charge is 2.40. The van der Waals surface area contributed by atoms with Crippen LogP contribution < -0.4 is 5.32 Å². The summed E-state index contributed by atoms with van der Waals surface area (Å²) in [5, 5.41) is 11.9. The Morgan fingerprint density at radius 3 is 2.81 bits per heavy atom. The predicted octanol–water partition coefficient (Wildman–Crippen LogP) is 3.53. The summed E-state index contributed by atoms with van der Waals surface area (Å²) in [6, 6.07) is 4.45. The zero-order valence-corrected chi connectivity index (χ0v) is 14.2. The number of carboxylic acids is 1. The van der Waals surface area contributed by atoms with E-state index < -0.39 is 12.0 Å². The van der Waals surface area contributed by atoms with Gasteiger partial charge in [0.15, 0.2) is 0 Å². The zero-order chi connectivity index (χ0) is 15.6. The van der Waals surface area contributed by atoms with Gasteiger partial charge in [0.05, 0.1) is 11.1 Å². The number of urea groups is 1. The fourth-order valence-corrected chi connectivity index (χ4v) is 4.18. The van der Waals surface area contributed by atoms with Gasteiger partial charge in [-0.25, -0.2) is 9.59 Å². The van der Waals surface area contributed by atoms with E-state index in [1.807, 2.05) is 26.0 Å². The molecule has 114 valence electrons. The second-order valence-electron chi connectivity index (χ2n) is 4.87. The Morgan fingerprint density at radius 1 is 1.52 bits per heavy atom. The molecule has 2 unspecified atom stereocenters. The molecule has 21 heavy (non-hydrogen) atoms. The number of hydrogen-bond donors (Lipinski definition) is 2. The van der Waals surface area contributed by atoms with Crippen molar-refractivity contribution in [3.63, 3.8) is 0 Å². The van der Waals surface area contributed by atoms with Crippen LogP contribution >= 0.6 is 27.7 Å². The molecular formula is C14H17BrN2O3S. The van der Waals surface area contributed by atoms with Crippen molar-refractivity contribution >= 4 is 45.4 Å². The van der Waals surface area contributed by atoms with Crippen molar-refractivity contribution in [2.75, 3.05) is 11.1 Å². The van der Waals surface area contributed by atoms with E-state index in [4.69, 9.17) is 0 Å². The number of nitrogens with one attached hydrogen (secondary N) is 1. The van der Waals surface area contributed by atoms with Crippen molar-refractivity contribution in [2.24, 2.45) is 0 Å². The molecule has 1 aliphatic rings. The van der Waals surface area contributed by atoms with Crippen molar-refractivity contribution < 1.29 is 14.7 Å². The maximum Gasteiger partial charge on any atom is 0.327 e. The summed E-state index contributed by atoms with van der Waals surface area (Å²) in [6.07, 6.45) is 0.719. The first-order chi connectivity index (χ1) is 9.93. The summed E-state index contributed by atoms with van der Waals surface area (Å²) in [5.41, 5.74) is 1.72. The van der Waals surface area contributed by atoms with Gasteiger partial charge in [0.2, 0.25) is 0 Å². The number of aliphatic carboxylic acids is 1.